The van der Waals surface area contributed by atoms with Gasteiger partial charge in [-0.1, -0.05) is 23.7 Å². The van der Waals surface area contributed by atoms with Crippen molar-refractivity contribution in [3.63, 3.8) is 0 Å². The Morgan fingerprint density at radius 2 is 1.61 bits per heavy atom. The molecule has 148 valence electrons. The number of aliphatic carboxylic acids is 1. The van der Waals surface area contributed by atoms with Gasteiger partial charge in [0.25, 0.3) is 5.91 Å². The van der Waals surface area contributed by atoms with Crippen molar-refractivity contribution in [2.75, 3.05) is 26.2 Å². The van der Waals surface area contributed by atoms with E-state index >= 15 is 0 Å². The maximum Gasteiger partial charge on any atom is 0.303 e. The molecule has 1 N–H and O–H groups in total. The molecule has 0 unspecified atom stereocenters. The van der Waals surface area contributed by atoms with E-state index < -0.39 is 5.97 Å². The quantitative estimate of drug-likeness (QED) is 0.794. The van der Waals surface area contributed by atoms with E-state index in [2.05, 4.69) is 4.90 Å². The van der Waals surface area contributed by atoms with E-state index in [1.54, 1.807) is 41.3 Å². The number of hydrogen-bond acceptors (Lipinski definition) is 3. The minimum Gasteiger partial charge on any atom is -0.481 e. The molecule has 1 aliphatic rings. The lowest BCUT2D eigenvalue weighted by atomic mass is 9.99. The topological polar surface area (TPSA) is 60.9 Å². The van der Waals surface area contributed by atoms with Crippen LogP contribution in [0.1, 0.15) is 34.8 Å². The number of rotatable bonds is 6. The van der Waals surface area contributed by atoms with Gasteiger partial charge in [-0.15, -0.1) is 0 Å². The van der Waals surface area contributed by atoms with Gasteiger partial charge in [-0.2, -0.15) is 0 Å². The first-order valence-corrected chi connectivity index (χ1v) is 9.58. The molecule has 1 amide bonds. The Hall–Kier alpha value is -2.44. The molecular weight excluding hydrogens is 383 g/mol. The fourth-order valence-corrected chi connectivity index (χ4v) is 3.64. The number of nitrogens with zero attached hydrogens (tertiary/aromatic N) is 2. The summed E-state index contributed by atoms with van der Waals surface area (Å²) in [5, 5.41) is 9.66. The molecule has 7 heteroatoms. The van der Waals surface area contributed by atoms with Crippen molar-refractivity contribution in [3.05, 3.63) is 70.5 Å². The fraction of sp³-hybridized carbons (Fsp3) is 0.333. The zero-order valence-corrected chi connectivity index (χ0v) is 16.1. The molecule has 28 heavy (non-hydrogen) atoms. The molecule has 1 saturated heterocycles. The van der Waals surface area contributed by atoms with Crippen molar-refractivity contribution >= 4 is 23.5 Å². The van der Waals surface area contributed by atoms with Crippen molar-refractivity contribution in [2.45, 2.75) is 18.9 Å². The minimum absolute atomic E-state index is 0.0337. The monoisotopic (exact) mass is 404 g/mol. The van der Waals surface area contributed by atoms with Crippen molar-refractivity contribution < 1.29 is 19.1 Å². The number of piperazine rings is 1. The second kappa shape index (κ2) is 9.17. The number of benzene rings is 2. The van der Waals surface area contributed by atoms with E-state index in [1.165, 1.54) is 12.1 Å². The molecule has 0 radical (unpaired) electrons. The number of hydrogen-bond donors (Lipinski definition) is 1. The van der Waals surface area contributed by atoms with Gasteiger partial charge in [-0.25, -0.2) is 4.39 Å². The molecule has 5 nitrogen and oxygen atoms in total. The normalized spacial score (nSPS) is 16.0. The molecular formula is C21H22ClFN2O3. The van der Waals surface area contributed by atoms with Crippen molar-refractivity contribution in [1.82, 2.24) is 9.80 Å². The zero-order valence-electron chi connectivity index (χ0n) is 15.4. The molecule has 2 aromatic carbocycles. The number of amides is 1. The van der Waals surface area contributed by atoms with E-state index in [-0.39, 0.29) is 24.2 Å². The first kappa shape index (κ1) is 20.3. The summed E-state index contributed by atoms with van der Waals surface area (Å²) >= 11 is 5.88. The van der Waals surface area contributed by atoms with Gasteiger partial charge in [0.1, 0.15) is 5.82 Å². The number of carbonyl (C=O) groups is 2. The summed E-state index contributed by atoms with van der Waals surface area (Å²) in [5.41, 5.74) is 1.49. The molecule has 0 saturated carbocycles. The van der Waals surface area contributed by atoms with E-state index in [0.717, 1.165) is 5.56 Å². The Morgan fingerprint density at radius 3 is 2.18 bits per heavy atom. The highest BCUT2D eigenvalue weighted by Gasteiger charge is 2.28. The van der Waals surface area contributed by atoms with Gasteiger partial charge in [0.2, 0.25) is 0 Å². The van der Waals surface area contributed by atoms with Crippen LogP contribution >= 0.6 is 11.6 Å². The van der Waals surface area contributed by atoms with Crippen molar-refractivity contribution in [3.8, 4) is 0 Å². The van der Waals surface area contributed by atoms with E-state index in [1.807, 2.05) is 0 Å². The number of carboxylic acid groups (broad SMARTS) is 1. The Bertz CT molecular complexity index is 819. The predicted octanol–water partition coefficient (Wildman–Crippen LogP) is 3.84. The summed E-state index contributed by atoms with van der Waals surface area (Å²) in [6.07, 6.45) is 0.470. The molecule has 1 atom stereocenters. The van der Waals surface area contributed by atoms with Gasteiger partial charge in [0, 0.05) is 49.2 Å². The standard InChI is InChI=1S/C21H22ClFN2O3/c22-17-5-1-16(2-6-17)21(28)25-13-11-24(12-14-25)19(9-10-20(26)27)15-3-7-18(23)8-4-15/h1-8,19H,9-14H2,(H,26,27)/t19-/m1/s1. The summed E-state index contributed by atoms with van der Waals surface area (Å²) in [5.74, 6) is -1.22. The van der Waals surface area contributed by atoms with Crippen LogP contribution in [0.4, 0.5) is 4.39 Å². The van der Waals surface area contributed by atoms with Crippen LogP contribution in [0, 0.1) is 5.82 Å². The van der Waals surface area contributed by atoms with Crippen LogP contribution < -0.4 is 0 Å². The third kappa shape index (κ3) is 5.09. The third-order valence-electron chi connectivity index (χ3n) is 5.02. The SMILES string of the molecule is O=C(O)CC[C@H](c1ccc(F)cc1)N1CCN(C(=O)c2ccc(Cl)cc2)CC1. The molecule has 0 spiro atoms. The highest BCUT2D eigenvalue weighted by molar-refractivity contribution is 6.30. The molecule has 0 bridgehead atoms. The van der Waals surface area contributed by atoms with E-state index in [9.17, 15) is 14.0 Å². The van der Waals surface area contributed by atoms with Gasteiger partial charge in [-0.05, 0) is 48.4 Å². The van der Waals surface area contributed by atoms with Gasteiger partial charge in [0.05, 0.1) is 0 Å². The molecule has 2 aromatic rings. The number of halogens is 2. The van der Waals surface area contributed by atoms with Gasteiger partial charge < -0.3 is 10.0 Å². The summed E-state index contributed by atoms with van der Waals surface area (Å²) in [4.78, 5) is 27.7. The largest absolute Gasteiger partial charge is 0.481 e. The molecule has 1 aliphatic heterocycles. The van der Waals surface area contributed by atoms with Crippen LogP contribution in [0.15, 0.2) is 48.5 Å². The van der Waals surface area contributed by atoms with Crippen LogP contribution in [-0.4, -0.2) is 53.0 Å². The van der Waals surface area contributed by atoms with Crippen LogP contribution in [0.3, 0.4) is 0 Å². The molecule has 0 aliphatic carbocycles. The maximum atomic E-state index is 13.3. The number of carbonyl (C=O) groups excluding carboxylic acids is 1. The zero-order chi connectivity index (χ0) is 20.1. The van der Waals surface area contributed by atoms with Gasteiger partial charge >= 0.3 is 5.97 Å². The van der Waals surface area contributed by atoms with E-state index in [0.29, 0.717) is 43.2 Å². The van der Waals surface area contributed by atoms with Crippen LogP contribution in [0.2, 0.25) is 5.02 Å². The van der Waals surface area contributed by atoms with Crippen LogP contribution in [-0.2, 0) is 4.79 Å². The summed E-state index contributed by atoms with van der Waals surface area (Å²) < 4.78 is 13.3. The summed E-state index contributed by atoms with van der Waals surface area (Å²) in [7, 11) is 0. The van der Waals surface area contributed by atoms with Crippen LogP contribution in [0.5, 0.6) is 0 Å². The smallest absolute Gasteiger partial charge is 0.303 e. The lowest BCUT2D eigenvalue weighted by Gasteiger charge is -2.39. The Labute approximate surface area is 168 Å². The molecule has 1 fully saturated rings. The van der Waals surface area contributed by atoms with E-state index in [4.69, 9.17) is 16.7 Å². The molecule has 3 rings (SSSR count). The van der Waals surface area contributed by atoms with Gasteiger partial charge in [-0.3, -0.25) is 14.5 Å². The predicted molar refractivity (Wildman–Crippen MR) is 105 cm³/mol. The lowest BCUT2D eigenvalue weighted by Crippen LogP contribution is -2.49. The van der Waals surface area contributed by atoms with Crippen molar-refractivity contribution in [1.29, 1.82) is 0 Å². The average Bonchev–Trinajstić information content (AvgIpc) is 2.70. The maximum absolute atomic E-state index is 13.3. The fourth-order valence-electron chi connectivity index (χ4n) is 3.52. The van der Waals surface area contributed by atoms with Crippen LogP contribution in [0.25, 0.3) is 0 Å². The second-order valence-electron chi connectivity index (χ2n) is 6.83. The first-order valence-electron chi connectivity index (χ1n) is 9.20. The average molecular weight is 405 g/mol. The minimum atomic E-state index is -0.858. The lowest BCUT2D eigenvalue weighted by molar-refractivity contribution is -0.137. The highest BCUT2D eigenvalue weighted by Crippen LogP contribution is 2.27. The molecule has 0 aromatic heterocycles. The Kier molecular flexibility index (Phi) is 6.65. The highest BCUT2D eigenvalue weighted by atomic mass is 35.5. The number of carboxylic acids is 1. The summed E-state index contributed by atoms with van der Waals surface area (Å²) in [6, 6.07) is 12.9. The summed E-state index contributed by atoms with van der Waals surface area (Å²) in [6.45, 7) is 2.35. The molecule has 1 heterocycles. The van der Waals surface area contributed by atoms with Gasteiger partial charge in [0.15, 0.2) is 0 Å². The first-order chi connectivity index (χ1) is 13.4. The Morgan fingerprint density at radius 1 is 1.00 bits per heavy atom. The second-order valence-corrected chi connectivity index (χ2v) is 7.27. The van der Waals surface area contributed by atoms with Crippen molar-refractivity contribution in [2.24, 2.45) is 0 Å². The Balaban J connectivity index is 1.67. The third-order valence-corrected chi connectivity index (χ3v) is 5.27.